The van der Waals surface area contributed by atoms with E-state index >= 15 is 0 Å². The summed E-state index contributed by atoms with van der Waals surface area (Å²) in [5, 5.41) is 5.18. The van der Waals surface area contributed by atoms with E-state index in [0.717, 1.165) is 13.1 Å². The Bertz CT molecular complexity index is 782. The van der Waals surface area contributed by atoms with Crippen molar-refractivity contribution in [3.05, 3.63) is 71.9 Å². The molecule has 124 valence electrons. The molecule has 0 bridgehead atoms. The van der Waals surface area contributed by atoms with Gasteiger partial charge in [0.25, 0.3) is 0 Å². The zero-order valence-electron chi connectivity index (χ0n) is 14.2. The average molecular weight is 318 g/mol. The smallest absolute Gasteiger partial charge is 0.0486 e. The molecule has 1 aromatic heterocycles. The Labute approximate surface area is 144 Å². The van der Waals surface area contributed by atoms with E-state index < -0.39 is 0 Å². The fourth-order valence-electron chi connectivity index (χ4n) is 3.94. The molecular formula is C22H26N2. The SMILES string of the molecule is c1ccc(Cn2cc(CNC3CCCCC3)c3ccccc32)cc1. The van der Waals surface area contributed by atoms with Crippen LogP contribution in [0.1, 0.15) is 43.2 Å². The maximum absolute atomic E-state index is 3.79. The van der Waals surface area contributed by atoms with Gasteiger partial charge in [0.15, 0.2) is 0 Å². The Morgan fingerprint density at radius 3 is 2.46 bits per heavy atom. The number of hydrogen-bond acceptors (Lipinski definition) is 1. The molecule has 1 aliphatic carbocycles. The molecule has 4 rings (SSSR count). The van der Waals surface area contributed by atoms with Gasteiger partial charge in [-0.25, -0.2) is 0 Å². The van der Waals surface area contributed by atoms with Crippen LogP contribution < -0.4 is 5.32 Å². The van der Waals surface area contributed by atoms with Crippen molar-refractivity contribution in [2.45, 2.75) is 51.2 Å². The highest BCUT2D eigenvalue weighted by Crippen LogP contribution is 2.24. The van der Waals surface area contributed by atoms with Gasteiger partial charge in [0.1, 0.15) is 0 Å². The van der Waals surface area contributed by atoms with Crippen LogP contribution in [-0.2, 0) is 13.1 Å². The zero-order valence-corrected chi connectivity index (χ0v) is 14.2. The van der Waals surface area contributed by atoms with E-state index in [4.69, 9.17) is 0 Å². The molecular weight excluding hydrogens is 292 g/mol. The maximum atomic E-state index is 3.79. The largest absolute Gasteiger partial charge is 0.343 e. The third-order valence-corrected chi connectivity index (χ3v) is 5.25. The fraction of sp³-hybridized carbons (Fsp3) is 0.364. The standard InChI is InChI=1S/C22H26N2/c1-3-9-18(10-4-1)16-24-17-19(21-13-7-8-14-22(21)24)15-23-20-11-5-2-6-12-20/h1,3-4,7-10,13-14,17,20,23H,2,5-6,11-12,15-16H2. The predicted octanol–water partition coefficient (Wildman–Crippen LogP) is 5.11. The Morgan fingerprint density at radius 1 is 0.875 bits per heavy atom. The minimum absolute atomic E-state index is 0.704. The van der Waals surface area contributed by atoms with Crippen molar-refractivity contribution in [3.63, 3.8) is 0 Å². The summed E-state index contributed by atoms with van der Waals surface area (Å²) in [6, 6.07) is 20.2. The van der Waals surface area contributed by atoms with Crippen LogP contribution >= 0.6 is 0 Å². The van der Waals surface area contributed by atoms with Crippen molar-refractivity contribution in [2.24, 2.45) is 0 Å². The van der Waals surface area contributed by atoms with Crippen LogP contribution in [0.5, 0.6) is 0 Å². The van der Waals surface area contributed by atoms with E-state index in [0.29, 0.717) is 6.04 Å². The van der Waals surface area contributed by atoms with Crippen molar-refractivity contribution in [1.82, 2.24) is 9.88 Å². The van der Waals surface area contributed by atoms with Gasteiger partial charge in [-0.15, -0.1) is 0 Å². The second-order valence-electron chi connectivity index (χ2n) is 7.00. The van der Waals surface area contributed by atoms with Gasteiger partial charge in [0, 0.05) is 36.2 Å². The predicted molar refractivity (Wildman–Crippen MR) is 101 cm³/mol. The number of benzene rings is 2. The second kappa shape index (κ2) is 7.23. The summed E-state index contributed by atoms with van der Waals surface area (Å²) in [5.74, 6) is 0. The Kier molecular flexibility index (Phi) is 4.66. The molecule has 1 heterocycles. The van der Waals surface area contributed by atoms with E-state index in [1.807, 2.05) is 0 Å². The molecule has 2 aromatic carbocycles. The molecule has 0 atom stereocenters. The van der Waals surface area contributed by atoms with Crippen molar-refractivity contribution in [1.29, 1.82) is 0 Å². The molecule has 2 nitrogen and oxygen atoms in total. The first-order valence-electron chi connectivity index (χ1n) is 9.24. The zero-order chi connectivity index (χ0) is 16.2. The van der Waals surface area contributed by atoms with E-state index in [2.05, 4.69) is 70.7 Å². The number of nitrogens with zero attached hydrogens (tertiary/aromatic N) is 1. The highest BCUT2D eigenvalue weighted by Gasteiger charge is 2.14. The minimum atomic E-state index is 0.704. The van der Waals surface area contributed by atoms with Crippen LogP contribution in [0, 0.1) is 0 Å². The van der Waals surface area contributed by atoms with Gasteiger partial charge < -0.3 is 9.88 Å². The van der Waals surface area contributed by atoms with Gasteiger partial charge in [-0.1, -0.05) is 67.8 Å². The highest BCUT2D eigenvalue weighted by molar-refractivity contribution is 5.84. The summed E-state index contributed by atoms with van der Waals surface area (Å²) in [6.07, 6.45) is 9.19. The number of para-hydroxylation sites is 1. The molecule has 1 N–H and O–H groups in total. The summed E-state index contributed by atoms with van der Waals surface area (Å²) in [4.78, 5) is 0. The van der Waals surface area contributed by atoms with Crippen LogP contribution in [0.3, 0.4) is 0 Å². The average Bonchev–Trinajstić information content (AvgIpc) is 3.00. The first-order chi connectivity index (χ1) is 11.9. The van der Waals surface area contributed by atoms with Gasteiger partial charge in [0.05, 0.1) is 0 Å². The Hall–Kier alpha value is -2.06. The molecule has 1 saturated carbocycles. The van der Waals surface area contributed by atoms with Crippen LogP contribution in [0.15, 0.2) is 60.8 Å². The van der Waals surface area contributed by atoms with E-state index in [-0.39, 0.29) is 0 Å². The number of nitrogens with one attached hydrogen (secondary N) is 1. The molecule has 2 heteroatoms. The van der Waals surface area contributed by atoms with Gasteiger partial charge in [-0.2, -0.15) is 0 Å². The minimum Gasteiger partial charge on any atom is -0.343 e. The monoisotopic (exact) mass is 318 g/mol. The van der Waals surface area contributed by atoms with Crippen molar-refractivity contribution in [2.75, 3.05) is 0 Å². The Balaban J connectivity index is 1.56. The summed E-state index contributed by atoms with van der Waals surface area (Å²) < 4.78 is 2.39. The molecule has 0 aliphatic heterocycles. The van der Waals surface area contributed by atoms with Crippen molar-refractivity contribution in [3.8, 4) is 0 Å². The van der Waals surface area contributed by atoms with Gasteiger partial charge in [-0.3, -0.25) is 0 Å². The van der Waals surface area contributed by atoms with Crippen LogP contribution in [0.25, 0.3) is 10.9 Å². The third kappa shape index (κ3) is 3.39. The summed E-state index contributed by atoms with van der Waals surface area (Å²) in [6.45, 7) is 1.91. The van der Waals surface area contributed by atoms with Crippen LogP contribution in [0.2, 0.25) is 0 Å². The third-order valence-electron chi connectivity index (χ3n) is 5.25. The molecule has 0 spiro atoms. The fourth-order valence-corrected chi connectivity index (χ4v) is 3.94. The number of hydrogen-bond donors (Lipinski definition) is 1. The first kappa shape index (κ1) is 15.5. The topological polar surface area (TPSA) is 17.0 Å². The van der Waals surface area contributed by atoms with Gasteiger partial charge in [-0.05, 0) is 30.0 Å². The molecule has 3 aromatic rings. The van der Waals surface area contributed by atoms with Crippen LogP contribution in [0.4, 0.5) is 0 Å². The van der Waals surface area contributed by atoms with Crippen molar-refractivity contribution < 1.29 is 0 Å². The normalized spacial score (nSPS) is 15.8. The molecule has 1 fully saturated rings. The quantitative estimate of drug-likeness (QED) is 0.691. The lowest BCUT2D eigenvalue weighted by Gasteiger charge is -2.22. The van der Waals surface area contributed by atoms with Gasteiger partial charge >= 0.3 is 0 Å². The van der Waals surface area contributed by atoms with E-state index in [9.17, 15) is 0 Å². The number of rotatable bonds is 5. The number of fused-ring (bicyclic) bond motifs is 1. The first-order valence-corrected chi connectivity index (χ1v) is 9.24. The van der Waals surface area contributed by atoms with Crippen LogP contribution in [-0.4, -0.2) is 10.6 Å². The Morgan fingerprint density at radius 2 is 1.62 bits per heavy atom. The second-order valence-corrected chi connectivity index (χ2v) is 7.00. The molecule has 24 heavy (non-hydrogen) atoms. The molecule has 0 radical (unpaired) electrons. The van der Waals surface area contributed by atoms with Crippen molar-refractivity contribution >= 4 is 10.9 Å². The van der Waals surface area contributed by atoms with E-state index in [1.54, 1.807) is 0 Å². The molecule has 1 aliphatic rings. The number of aromatic nitrogens is 1. The van der Waals surface area contributed by atoms with E-state index in [1.165, 1.54) is 54.1 Å². The molecule has 0 saturated heterocycles. The van der Waals surface area contributed by atoms with Gasteiger partial charge in [0.2, 0.25) is 0 Å². The lowest BCUT2D eigenvalue weighted by molar-refractivity contribution is 0.372. The molecule has 0 amide bonds. The lowest BCUT2D eigenvalue weighted by atomic mass is 9.95. The lowest BCUT2D eigenvalue weighted by Crippen LogP contribution is -2.30. The summed E-state index contributed by atoms with van der Waals surface area (Å²) in [7, 11) is 0. The maximum Gasteiger partial charge on any atom is 0.0486 e. The summed E-state index contributed by atoms with van der Waals surface area (Å²) in [5.41, 5.74) is 4.11. The molecule has 0 unspecified atom stereocenters. The summed E-state index contributed by atoms with van der Waals surface area (Å²) >= 11 is 0. The highest BCUT2D eigenvalue weighted by atomic mass is 15.0.